The highest BCUT2D eigenvalue weighted by molar-refractivity contribution is 5.78. The molecule has 2 aromatic carbocycles. The third-order valence-corrected chi connectivity index (χ3v) is 4.69. The Morgan fingerprint density at radius 3 is 2.23 bits per heavy atom. The minimum Gasteiger partial charge on any atom is -0.480 e. The van der Waals surface area contributed by atoms with E-state index in [9.17, 15) is 19.5 Å². The molecule has 0 aliphatic carbocycles. The lowest BCUT2D eigenvalue weighted by atomic mass is 10.0. The molecule has 9 heteroatoms. The Morgan fingerprint density at radius 2 is 1.73 bits per heavy atom. The van der Waals surface area contributed by atoms with E-state index in [1.54, 1.807) is 47.7 Å². The molecule has 0 saturated heterocycles. The van der Waals surface area contributed by atoms with Crippen LogP contribution in [0.3, 0.4) is 0 Å². The molecular weight excluding hydrogens is 388 g/mol. The molecule has 1 atom stereocenters. The van der Waals surface area contributed by atoms with Gasteiger partial charge in [0, 0.05) is 38.0 Å². The number of carboxylic acid groups (broad SMARTS) is 1. The standard InChI is InChI=1S/C21H22N4O5/c1-3-24(4-2)25(16-13-18(26)19(16)27)17(20(28)29)12-14-6-8-15(9-7-14)30-21-22-10-5-11-23-21/h5-11,13,17H,3-4,12H2,1-2H3,(H,28,29). The summed E-state index contributed by atoms with van der Waals surface area (Å²) < 4.78 is 5.55. The van der Waals surface area contributed by atoms with Crippen molar-refractivity contribution in [3.63, 3.8) is 0 Å². The summed E-state index contributed by atoms with van der Waals surface area (Å²) in [5.74, 6) is -0.576. The monoisotopic (exact) mass is 410 g/mol. The molecule has 1 heterocycles. The van der Waals surface area contributed by atoms with Crippen LogP contribution in [0.1, 0.15) is 19.4 Å². The Morgan fingerprint density at radius 1 is 1.10 bits per heavy atom. The van der Waals surface area contributed by atoms with Gasteiger partial charge in [-0.3, -0.25) is 14.6 Å². The van der Waals surface area contributed by atoms with Crippen molar-refractivity contribution in [1.82, 2.24) is 15.0 Å². The van der Waals surface area contributed by atoms with Crippen molar-refractivity contribution in [3.05, 3.63) is 74.8 Å². The second kappa shape index (κ2) is 9.27. The number of aliphatic carboxylic acids is 1. The molecule has 3 rings (SSSR count). The lowest BCUT2D eigenvalue weighted by Gasteiger charge is -2.39. The fourth-order valence-corrected chi connectivity index (χ4v) is 3.16. The maximum atomic E-state index is 12.1. The quantitative estimate of drug-likeness (QED) is 0.393. The van der Waals surface area contributed by atoms with E-state index in [0.29, 0.717) is 18.8 Å². The Labute approximate surface area is 172 Å². The van der Waals surface area contributed by atoms with Crippen LogP contribution >= 0.6 is 0 Å². The second-order valence-corrected chi connectivity index (χ2v) is 6.54. The Hall–Kier alpha value is -3.59. The molecule has 1 unspecified atom stereocenters. The van der Waals surface area contributed by atoms with E-state index >= 15 is 0 Å². The van der Waals surface area contributed by atoms with Gasteiger partial charge in [-0.25, -0.2) is 19.8 Å². The van der Waals surface area contributed by atoms with Crippen LogP contribution in [0.4, 0.5) is 5.69 Å². The minimum absolute atomic E-state index is 0.109. The first-order valence-corrected chi connectivity index (χ1v) is 9.55. The van der Waals surface area contributed by atoms with Crippen molar-refractivity contribution in [2.75, 3.05) is 18.1 Å². The average Bonchev–Trinajstić information content (AvgIpc) is 2.76. The maximum absolute atomic E-state index is 12.1. The summed E-state index contributed by atoms with van der Waals surface area (Å²) in [6.07, 6.45) is 3.26. The number of benzene rings is 1. The summed E-state index contributed by atoms with van der Waals surface area (Å²) in [6, 6.07) is 8.92. The van der Waals surface area contributed by atoms with Crippen molar-refractivity contribution < 1.29 is 14.6 Å². The molecule has 0 aliphatic rings. The van der Waals surface area contributed by atoms with Gasteiger partial charge in [-0.2, -0.15) is 0 Å². The minimum atomic E-state index is -1.09. The molecule has 0 amide bonds. The van der Waals surface area contributed by atoms with Gasteiger partial charge in [0.15, 0.2) is 0 Å². The van der Waals surface area contributed by atoms with E-state index in [0.717, 1.165) is 5.56 Å². The Balaban J connectivity index is 1.83. The fraction of sp³-hybridized carbons (Fsp3) is 0.286. The first kappa shape index (κ1) is 21.1. The van der Waals surface area contributed by atoms with E-state index in [1.165, 1.54) is 11.1 Å². The lowest BCUT2D eigenvalue weighted by molar-refractivity contribution is -0.139. The number of carbonyl (C=O) groups is 1. The van der Waals surface area contributed by atoms with Gasteiger partial charge in [0.2, 0.25) is 10.9 Å². The van der Waals surface area contributed by atoms with Gasteiger partial charge in [0.05, 0.1) is 0 Å². The van der Waals surface area contributed by atoms with Crippen LogP contribution in [0.15, 0.2) is 58.4 Å². The first-order valence-electron chi connectivity index (χ1n) is 9.55. The molecule has 0 bridgehead atoms. The number of rotatable bonds is 10. The largest absolute Gasteiger partial charge is 0.480 e. The zero-order valence-corrected chi connectivity index (χ0v) is 16.7. The maximum Gasteiger partial charge on any atom is 0.328 e. The van der Waals surface area contributed by atoms with Crippen molar-refractivity contribution in [2.45, 2.75) is 26.3 Å². The van der Waals surface area contributed by atoms with Gasteiger partial charge in [-0.15, -0.1) is 0 Å². The SMILES string of the molecule is CCN(CC)N(c1cc(=O)c1=O)C(Cc1ccc(Oc2ncccn2)cc1)C(=O)O. The molecule has 0 saturated carbocycles. The number of nitrogens with zero attached hydrogens (tertiary/aromatic N) is 4. The third kappa shape index (κ3) is 4.52. The zero-order valence-electron chi connectivity index (χ0n) is 16.7. The van der Waals surface area contributed by atoms with Crippen molar-refractivity contribution in [1.29, 1.82) is 0 Å². The molecular formula is C21H22N4O5. The Kier molecular flexibility index (Phi) is 6.53. The molecule has 0 fully saturated rings. The molecule has 9 nitrogen and oxygen atoms in total. The van der Waals surface area contributed by atoms with E-state index in [2.05, 4.69) is 9.97 Å². The van der Waals surface area contributed by atoms with E-state index < -0.39 is 22.9 Å². The van der Waals surface area contributed by atoms with Crippen LogP contribution in [0.25, 0.3) is 0 Å². The number of ether oxygens (including phenoxy) is 1. The summed E-state index contributed by atoms with van der Waals surface area (Å²) in [7, 11) is 0. The number of hydrazine groups is 1. The summed E-state index contributed by atoms with van der Waals surface area (Å²) in [5, 5.41) is 13.0. The van der Waals surface area contributed by atoms with Crippen LogP contribution in [0, 0.1) is 0 Å². The zero-order chi connectivity index (χ0) is 21.7. The molecule has 30 heavy (non-hydrogen) atoms. The topological polar surface area (TPSA) is 113 Å². The van der Waals surface area contributed by atoms with Crippen LogP contribution in [-0.4, -0.2) is 45.2 Å². The van der Waals surface area contributed by atoms with Gasteiger partial charge in [0.1, 0.15) is 17.5 Å². The lowest BCUT2D eigenvalue weighted by Crippen LogP contribution is -2.57. The Bertz CT molecular complexity index is 1060. The average molecular weight is 410 g/mol. The van der Waals surface area contributed by atoms with Gasteiger partial charge in [-0.05, 0) is 23.8 Å². The van der Waals surface area contributed by atoms with Crippen LogP contribution in [0.5, 0.6) is 11.8 Å². The smallest absolute Gasteiger partial charge is 0.328 e. The van der Waals surface area contributed by atoms with E-state index in [-0.39, 0.29) is 18.1 Å². The number of hydrogen-bond acceptors (Lipinski definition) is 8. The fourth-order valence-electron chi connectivity index (χ4n) is 3.16. The van der Waals surface area contributed by atoms with Gasteiger partial charge in [-0.1, -0.05) is 26.0 Å². The highest BCUT2D eigenvalue weighted by Crippen LogP contribution is 2.22. The molecule has 0 spiro atoms. The highest BCUT2D eigenvalue weighted by Gasteiger charge is 2.33. The molecule has 156 valence electrons. The van der Waals surface area contributed by atoms with Crippen molar-refractivity contribution in [3.8, 4) is 11.8 Å². The summed E-state index contributed by atoms with van der Waals surface area (Å²) >= 11 is 0. The first-order chi connectivity index (χ1) is 14.4. The number of anilines is 1. The van der Waals surface area contributed by atoms with Gasteiger partial charge >= 0.3 is 12.0 Å². The number of hydrogen-bond donors (Lipinski definition) is 1. The predicted molar refractivity (Wildman–Crippen MR) is 110 cm³/mol. The summed E-state index contributed by atoms with van der Waals surface area (Å²) in [4.78, 5) is 43.5. The van der Waals surface area contributed by atoms with E-state index in [1.807, 2.05) is 13.8 Å². The summed E-state index contributed by atoms with van der Waals surface area (Å²) in [5.41, 5.74) is -0.437. The number of aromatic nitrogens is 2. The third-order valence-electron chi connectivity index (χ3n) is 4.69. The second-order valence-electron chi connectivity index (χ2n) is 6.54. The summed E-state index contributed by atoms with van der Waals surface area (Å²) in [6.45, 7) is 4.70. The van der Waals surface area contributed by atoms with Crippen LogP contribution in [-0.2, 0) is 11.2 Å². The normalized spacial score (nSPS) is 12.1. The van der Waals surface area contributed by atoms with Crippen LogP contribution in [0.2, 0.25) is 0 Å². The van der Waals surface area contributed by atoms with Gasteiger partial charge < -0.3 is 9.84 Å². The highest BCUT2D eigenvalue weighted by atomic mass is 16.5. The molecule has 1 aromatic heterocycles. The molecule has 0 radical (unpaired) electrons. The van der Waals surface area contributed by atoms with Crippen molar-refractivity contribution >= 4 is 11.7 Å². The number of carboxylic acids is 1. The molecule has 1 N–H and O–H groups in total. The van der Waals surface area contributed by atoms with Crippen molar-refractivity contribution in [2.24, 2.45) is 0 Å². The van der Waals surface area contributed by atoms with Crippen LogP contribution < -0.4 is 20.6 Å². The molecule has 0 aliphatic heterocycles. The molecule has 3 aromatic rings. The predicted octanol–water partition coefficient (Wildman–Crippen LogP) is 1.62. The van der Waals surface area contributed by atoms with E-state index in [4.69, 9.17) is 4.74 Å². The van der Waals surface area contributed by atoms with Gasteiger partial charge in [0.25, 0.3) is 0 Å².